The molecule has 0 heterocycles. The van der Waals surface area contributed by atoms with Crippen molar-refractivity contribution in [3.8, 4) is 0 Å². The van der Waals surface area contributed by atoms with Gasteiger partial charge in [-0.25, -0.2) is 9.79 Å². The first kappa shape index (κ1) is 29.5. The molecule has 0 atom stereocenters. The summed E-state index contributed by atoms with van der Waals surface area (Å²) in [7, 11) is 1.70. The molecule has 0 radical (unpaired) electrons. The molecule has 0 spiro atoms. The standard InChI is InChI=1S/C17H14F6N2O.C6H12N2O/c18-16(19,20)13-4-1-3-12(7-13)9-25(11-26)10-24-15-6-2-5-14(8-15)17(21,22)23;1-5(2)8(4)6(9)7-3/h1-8,11,24H,9-10H2;5H,3H2,1-2,4H3. The topological polar surface area (TPSA) is 65.0 Å². The molecule has 0 aliphatic heterocycles. The smallest absolute Gasteiger partial charge is 0.368 e. The summed E-state index contributed by atoms with van der Waals surface area (Å²) in [6.07, 6.45) is -8.60. The predicted octanol–water partition coefficient (Wildman–Crippen LogP) is 5.90. The molecule has 192 valence electrons. The zero-order chi connectivity index (χ0) is 26.8. The Bertz CT molecular complexity index is 992. The Hall–Kier alpha value is -3.57. The van der Waals surface area contributed by atoms with Crippen LogP contribution in [-0.2, 0) is 23.7 Å². The molecule has 3 amide bonds. The van der Waals surface area contributed by atoms with Gasteiger partial charge in [-0.2, -0.15) is 26.3 Å². The number of alkyl halides is 6. The SMILES string of the molecule is C=NC(=O)N(C)C(C)C.O=CN(CNc1cccc(C(F)(F)F)c1)Cc1cccc(C(F)(F)F)c1. The van der Waals surface area contributed by atoms with Crippen molar-refractivity contribution in [2.45, 2.75) is 38.8 Å². The van der Waals surface area contributed by atoms with Crippen LogP contribution in [-0.4, -0.2) is 48.7 Å². The first-order chi connectivity index (χ1) is 16.2. The van der Waals surface area contributed by atoms with E-state index in [0.29, 0.717) is 6.41 Å². The highest BCUT2D eigenvalue weighted by molar-refractivity contribution is 5.78. The molecule has 2 aromatic carbocycles. The number of urea groups is 1. The predicted molar refractivity (Wildman–Crippen MR) is 121 cm³/mol. The molecule has 0 saturated heterocycles. The van der Waals surface area contributed by atoms with Crippen molar-refractivity contribution in [1.82, 2.24) is 9.80 Å². The second kappa shape index (κ2) is 12.8. The number of carbonyl (C=O) groups is 2. The average Bonchev–Trinajstić information content (AvgIpc) is 2.80. The van der Waals surface area contributed by atoms with Gasteiger partial charge in [0.15, 0.2) is 0 Å². The lowest BCUT2D eigenvalue weighted by atomic mass is 10.1. The van der Waals surface area contributed by atoms with Crippen LogP contribution in [0, 0.1) is 0 Å². The molecular weight excluding hydrogens is 478 g/mol. The van der Waals surface area contributed by atoms with Crippen molar-refractivity contribution in [2.75, 3.05) is 19.0 Å². The van der Waals surface area contributed by atoms with Crippen LogP contribution in [0.4, 0.5) is 36.8 Å². The highest BCUT2D eigenvalue weighted by atomic mass is 19.4. The average molecular weight is 504 g/mol. The summed E-state index contributed by atoms with van der Waals surface area (Å²) in [6, 6.07) is 8.80. The lowest BCUT2D eigenvalue weighted by Crippen LogP contribution is -2.30. The minimum atomic E-state index is -4.50. The number of nitrogens with zero attached hydrogens (tertiary/aromatic N) is 3. The van der Waals surface area contributed by atoms with E-state index < -0.39 is 23.5 Å². The molecule has 0 aliphatic rings. The molecule has 0 aliphatic carbocycles. The number of hydrogen-bond donors (Lipinski definition) is 1. The second-order valence-corrected chi connectivity index (χ2v) is 7.61. The quantitative estimate of drug-likeness (QED) is 0.221. The molecule has 0 fully saturated rings. The number of benzene rings is 2. The molecule has 2 aromatic rings. The van der Waals surface area contributed by atoms with Crippen LogP contribution in [0.2, 0.25) is 0 Å². The lowest BCUT2D eigenvalue weighted by molar-refractivity contribution is -0.138. The van der Waals surface area contributed by atoms with Crippen LogP contribution >= 0.6 is 0 Å². The second-order valence-electron chi connectivity index (χ2n) is 7.61. The lowest BCUT2D eigenvalue weighted by Gasteiger charge is -2.20. The molecular formula is C23H26F6N4O2. The summed E-state index contributed by atoms with van der Waals surface area (Å²) in [5, 5.41) is 2.65. The molecule has 35 heavy (non-hydrogen) atoms. The van der Waals surface area contributed by atoms with Gasteiger partial charge in [0.25, 0.3) is 0 Å². The van der Waals surface area contributed by atoms with Crippen molar-refractivity contribution in [1.29, 1.82) is 0 Å². The minimum Gasteiger partial charge on any atom is -0.368 e. The number of anilines is 1. The fraction of sp³-hybridized carbons (Fsp3) is 0.348. The van der Waals surface area contributed by atoms with Crippen molar-refractivity contribution in [3.05, 3.63) is 65.2 Å². The number of carbonyl (C=O) groups excluding carboxylic acids is 2. The van der Waals surface area contributed by atoms with Crippen LogP contribution in [0.15, 0.2) is 53.5 Å². The molecule has 0 unspecified atom stereocenters. The highest BCUT2D eigenvalue weighted by Gasteiger charge is 2.31. The van der Waals surface area contributed by atoms with E-state index in [0.717, 1.165) is 29.2 Å². The van der Waals surface area contributed by atoms with Crippen molar-refractivity contribution < 1.29 is 35.9 Å². The fourth-order valence-corrected chi connectivity index (χ4v) is 2.54. The third-order valence-corrected chi connectivity index (χ3v) is 4.68. The van der Waals surface area contributed by atoms with E-state index in [1.54, 1.807) is 7.05 Å². The first-order valence-electron chi connectivity index (χ1n) is 10.2. The zero-order valence-electron chi connectivity index (χ0n) is 19.3. The van der Waals surface area contributed by atoms with Crippen LogP contribution < -0.4 is 5.32 Å². The van der Waals surface area contributed by atoms with Crippen LogP contribution in [0.1, 0.15) is 30.5 Å². The molecule has 0 bridgehead atoms. The number of aliphatic imine (C=N–C) groups is 1. The molecule has 6 nitrogen and oxygen atoms in total. The summed E-state index contributed by atoms with van der Waals surface area (Å²) in [5.74, 6) is 0. The molecule has 0 saturated carbocycles. The molecule has 12 heteroatoms. The van der Waals surface area contributed by atoms with Gasteiger partial charge in [0.2, 0.25) is 6.41 Å². The van der Waals surface area contributed by atoms with Gasteiger partial charge in [-0.05, 0) is 56.5 Å². The van der Waals surface area contributed by atoms with Gasteiger partial charge in [-0.3, -0.25) is 4.79 Å². The summed E-state index contributed by atoms with van der Waals surface area (Å²) in [4.78, 5) is 27.6. The van der Waals surface area contributed by atoms with Gasteiger partial charge in [-0.1, -0.05) is 18.2 Å². The van der Waals surface area contributed by atoms with Gasteiger partial charge in [-0.15, -0.1) is 0 Å². The Balaban J connectivity index is 0.000000579. The molecule has 2 rings (SSSR count). The maximum atomic E-state index is 12.7. The Morgan fingerprint density at radius 3 is 2.03 bits per heavy atom. The summed E-state index contributed by atoms with van der Waals surface area (Å²) >= 11 is 0. The normalized spacial score (nSPS) is 11.3. The van der Waals surface area contributed by atoms with E-state index in [-0.39, 0.29) is 36.5 Å². The maximum absolute atomic E-state index is 12.7. The highest BCUT2D eigenvalue weighted by Crippen LogP contribution is 2.31. The van der Waals surface area contributed by atoms with Crippen molar-refractivity contribution in [2.24, 2.45) is 4.99 Å². The van der Waals surface area contributed by atoms with Gasteiger partial charge < -0.3 is 15.1 Å². The van der Waals surface area contributed by atoms with Crippen LogP contribution in [0.5, 0.6) is 0 Å². The van der Waals surface area contributed by atoms with E-state index in [1.807, 2.05) is 13.8 Å². The van der Waals surface area contributed by atoms with Gasteiger partial charge in [0, 0.05) is 25.3 Å². The van der Waals surface area contributed by atoms with E-state index >= 15 is 0 Å². The number of nitrogens with one attached hydrogen (secondary N) is 1. The minimum absolute atomic E-state index is 0.126. The number of hydrogen-bond acceptors (Lipinski definition) is 3. The summed E-state index contributed by atoms with van der Waals surface area (Å²) < 4.78 is 76.1. The maximum Gasteiger partial charge on any atom is 0.416 e. The molecule has 1 N–H and O–H groups in total. The number of halogens is 6. The Morgan fingerprint density at radius 2 is 1.57 bits per heavy atom. The van der Waals surface area contributed by atoms with E-state index in [1.165, 1.54) is 29.2 Å². The van der Waals surface area contributed by atoms with E-state index in [4.69, 9.17) is 0 Å². The Kier molecular flexibility index (Phi) is 10.7. The largest absolute Gasteiger partial charge is 0.416 e. The number of rotatable bonds is 7. The van der Waals surface area contributed by atoms with Gasteiger partial charge in [0.05, 0.1) is 17.8 Å². The third kappa shape index (κ3) is 10.1. The van der Waals surface area contributed by atoms with E-state index in [9.17, 15) is 35.9 Å². The van der Waals surface area contributed by atoms with Crippen molar-refractivity contribution >= 4 is 24.8 Å². The van der Waals surface area contributed by atoms with Gasteiger partial charge in [0.1, 0.15) is 0 Å². The Morgan fingerprint density at radius 1 is 1.03 bits per heavy atom. The number of amides is 3. The monoisotopic (exact) mass is 504 g/mol. The molecule has 0 aromatic heterocycles. The first-order valence-corrected chi connectivity index (χ1v) is 10.2. The fourth-order valence-electron chi connectivity index (χ4n) is 2.54. The van der Waals surface area contributed by atoms with Gasteiger partial charge >= 0.3 is 18.4 Å². The summed E-state index contributed by atoms with van der Waals surface area (Å²) in [5.41, 5.74) is -1.31. The van der Waals surface area contributed by atoms with Crippen molar-refractivity contribution in [3.63, 3.8) is 0 Å². The Labute approximate surface area is 199 Å². The van der Waals surface area contributed by atoms with Crippen LogP contribution in [0.25, 0.3) is 0 Å². The van der Waals surface area contributed by atoms with Crippen LogP contribution in [0.3, 0.4) is 0 Å². The summed E-state index contributed by atoms with van der Waals surface area (Å²) in [6.45, 7) is 6.67. The zero-order valence-corrected chi connectivity index (χ0v) is 19.3. The third-order valence-electron chi connectivity index (χ3n) is 4.68. The van der Waals surface area contributed by atoms with E-state index in [2.05, 4.69) is 17.0 Å².